The van der Waals surface area contributed by atoms with Crippen LogP contribution in [0.5, 0.6) is 11.5 Å². The summed E-state index contributed by atoms with van der Waals surface area (Å²) in [5, 5.41) is 3.86. The van der Waals surface area contributed by atoms with E-state index < -0.39 is 33.3 Å². The van der Waals surface area contributed by atoms with Crippen molar-refractivity contribution in [2.45, 2.75) is 180 Å². The van der Waals surface area contributed by atoms with E-state index in [1.54, 1.807) is 12.1 Å². The van der Waals surface area contributed by atoms with Crippen molar-refractivity contribution >= 4 is 66.6 Å². The number of carbonyl (C=O) groups excluding carboxylic acids is 2. The van der Waals surface area contributed by atoms with Crippen LogP contribution >= 0.6 is 0 Å². The van der Waals surface area contributed by atoms with E-state index >= 15 is 0 Å². The zero-order valence-electron chi connectivity index (χ0n) is 41.5. The number of benzene rings is 4. The number of fused-ring (bicyclic) bond motifs is 2. The lowest BCUT2D eigenvalue weighted by atomic mass is 10.1. The van der Waals surface area contributed by atoms with Gasteiger partial charge in [-0.15, -0.1) is 0 Å². The highest BCUT2D eigenvalue weighted by atomic mass is 28.4. The molecule has 0 heterocycles. The highest BCUT2D eigenvalue weighted by Gasteiger charge is 2.30. The Labute approximate surface area is 391 Å². The van der Waals surface area contributed by atoms with E-state index in [0.29, 0.717) is 24.3 Å². The maximum absolute atomic E-state index is 13.0. The van der Waals surface area contributed by atoms with Crippen LogP contribution in [0.3, 0.4) is 0 Å². The highest BCUT2D eigenvalue weighted by Crippen LogP contribution is 2.26. The van der Waals surface area contributed by atoms with Crippen LogP contribution in [-0.4, -0.2) is 58.3 Å². The SMILES string of the molecule is C[Si](C)(C)O[Si](C)(C)CCCCCCCCCCOc1ccc2cc(C(=O)NNC(=O)c3ccc4cc(OCCCCCCCCCC[Si](C)(C)O[Si](C)(C)C)ccc4c3)ccc2c1. The number of hydrazine groups is 1. The summed E-state index contributed by atoms with van der Waals surface area (Å²) in [6.45, 7) is 24.7. The molecule has 12 heteroatoms. The lowest BCUT2D eigenvalue weighted by Gasteiger charge is -2.31. The van der Waals surface area contributed by atoms with Crippen molar-refractivity contribution in [2.24, 2.45) is 0 Å². The zero-order chi connectivity index (χ0) is 46.6. The number of unbranched alkanes of at least 4 members (excludes halogenated alkanes) is 14. The molecule has 0 unspecified atom stereocenters. The Balaban J connectivity index is 1.07. The average Bonchev–Trinajstić information content (AvgIpc) is 3.21. The van der Waals surface area contributed by atoms with Crippen molar-refractivity contribution in [2.75, 3.05) is 13.2 Å². The van der Waals surface area contributed by atoms with Gasteiger partial charge in [0.25, 0.3) is 11.8 Å². The second kappa shape index (κ2) is 26.2. The molecule has 0 saturated carbocycles. The van der Waals surface area contributed by atoms with Crippen molar-refractivity contribution < 1.29 is 27.3 Å². The zero-order valence-corrected chi connectivity index (χ0v) is 45.5. The van der Waals surface area contributed by atoms with Crippen molar-refractivity contribution in [3.63, 3.8) is 0 Å². The Kier molecular flexibility index (Phi) is 21.8. The van der Waals surface area contributed by atoms with Gasteiger partial charge in [0.05, 0.1) is 13.2 Å². The lowest BCUT2D eigenvalue weighted by molar-refractivity contribution is 0.0847. The van der Waals surface area contributed by atoms with Gasteiger partial charge >= 0.3 is 0 Å². The summed E-state index contributed by atoms with van der Waals surface area (Å²) < 4.78 is 25.1. The third-order valence-corrected chi connectivity index (χ3v) is 23.9. The minimum Gasteiger partial charge on any atom is -0.494 e. The van der Waals surface area contributed by atoms with Crippen LogP contribution in [0, 0.1) is 0 Å². The fourth-order valence-corrected chi connectivity index (χ4v) is 25.0. The molecule has 8 nitrogen and oxygen atoms in total. The van der Waals surface area contributed by atoms with Crippen LogP contribution in [0.2, 0.25) is 77.6 Å². The molecule has 0 radical (unpaired) electrons. The molecule has 4 aromatic rings. The Morgan fingerprint density at radius 2 is 0.688 bits per heavy atom. The molecule has 2 N–H and O–H groups in total. The Morgan fingerprint density at radius 1 is 0.391 bits per heavy atom. The molecule has 0 spiro atoms. The molecular formula is C52H84N2O6Si4. The molecule has 0 aromatic heterocycles. The van der Waals surface area contributed by atoms with Gasteiger partial charge in [-0.2, -0.15) is 0 Å². The minimum atomic E-state index is -1.50. The summed E-state index contributed by atoms with van der Waals surface area (Å²) in [6, 6.07) is 25.5. The van der Waals surface area contributed by atoms with E-state index in [9.17, 15) is 9.59 Å². The first-order valence-corrected chi connectivity index (χ1v) is 37.7. The fourth-order valence-electron chi connectivity index (χ4n) is 8.73. The van der Waals surface area contributed by atoms with E-state index in [2.05, 4.69) is 76.3 Å². The highest BCUT2D eigenvalue weighted by molar-refractivity contribution is 6.84. The summed E-state index contributed by atoms with van der Waals surface area (Å²) in [7, 11) is -5.87. The molecule has 64 heavy (non-hydrogen) atoms. The molecule has 0 atom stereocenters. The monoisotopic (exact) mass is 945 g/mol. The van der Waals surface area contributed by atoms with Crippen LogP contribution < -0.4 is 20.3 Å². The maximum Gasteiger partial charge on any atom is 0.269 e. The largest absolute Gasteiger partial charge is 0.494 e. The molecule has 0 aliphatic heterocycles. The third-order valence-electron chi connectivity index (χ3n) is 11.5. The molecule has 0 aliphatic carbocycles. The predicted molar refractivity (Wildman–Crippen MR) is 281 cm³/mol. The van der Waals surface area contributed by atoms with Gasteiger partial charge in [-0.05, 0) is 160 Å². The number of rotatable bonds is 30. The number of hydrogen-bond donors (Lipinski definition) is 2. The number of ether oxygens (including phenoxy) is 2. The molecule has 0 aliphatic rings. The summed E-state index contributed by atoms with van der Waals surface area (Å²) in [4.78, 5) is 26.1. The molecular weight excluding hydrogens is 861 g/mol. The molecule has 4 rings (SSSR count). The summed E-state index contributed by atoms with van der Waals surface area (Å²) >= 11 is 0. The molecule has 0 saturated heterocycles. The predicted octanol–water partition coefficient (Wildman–Crippen LogP) is 15.2. The van der Waals surface area contributed by atoms with Crippen molar-refractivity contribution in [3.8, 4) is 11.5 Å². The van der Waals surface area contributed by atoms with E-state index in [-0.39, 0.29) is 11.8 Å². The Hall–Kier alpha value is -3.27. The first-order chi connectivity index (χ1) is 30.3. The van der Waals surface area contributed by atoms with Crippen LogP contribution in [0.1, 0.15) is 123 Å². The van der Waals surface area contributed by atoms with Gasteiger partial charge in [-0.25, -0.2) is 0 Å². The second-order valence-corrected chi connectivity index (χ2v) is 39.3. The molecule has 2 amide bonds. The number of nitrogens with one attached hydrogen (secondary N) is 2. The fraction of sp³-hybridized carbons (Fsp3) is 0.577. The van der Waals surface area contributed by atoms with Crippen LogP contribution in [0.15, 0.2) is 72.8 Å². The molecule has 4 aromatic carbocycles. The standard InChI is InChI=1S/C52H84N2O6Si4/c1-61(2,3)59-63(7,8)37-25-21-17-13-11-15-19-23-35-57-49-33-31-43-39-47(29-27-45(43)41-49)51(55)53-54-52(56)48-30-28-46-42-50(34-32-44(46)40-48)58-36-24-20-16-12-14-18-22-26-38-64(9,10)60-62(4,5)6/h27-34,39-42H,11-26,35-38H2,1-10H3,(H,53,55)(H,54,56). The van der Waals surface area contributed by atoms with Gasteiger partial charge in [0, 0.05) is 11.1 Å². The lowest BCUT2D eigenvalue weighted by Crippen LogP contribution is -2.42. The Morgan fingerprint density at radius 3 is 1.03 bits per heavy atom. The third kappa shape index (κ3) is 21.4. The van der Waals surface area contributed by atoms with E-state index in [1.165, 1.54) is 102 Å². The summed E-state index contributed by atoms with van der Waals surface area (Å²) in [6.07, 6.45) is 20.1. The topological polar surface area (TPSA) is 95.1 Å². The van der Waals surface area contributed by atoms with Crippen molar-refractivity contribution in [1.29, 1.82) is 0 Å². The minimum absolute atomic E-state index is 0.379. The molecule has 0 bridgehead atoms. The molecule has 0 fully saturated rings. The average molecular weight is 946 g/mol. The molecule has 354 valence electrons. The number of carbonyl (C=O) groups is 2. The van der Waals surface area contributed by atoms with E-state index in [0.717, 1.165) is 45.9 Å². The first-order valence-electron chi connectivity index (χ1n) is 24.6. The van der Waals surface area contributed by atoms with Crippen molar-refractivity contribution in [3.05, 3.63) is 83.9 Å². The number of hydrogen-bond acceptors (Lipinski definition) is 6. The quantitative estimate of drug-likeness (QED) is 0.0307. The van der Waals surface area contributed by atoms with Crippen LogP contribution in [-0.2, 0) is 8.23 Å². The van der Waals surface area contributed by atoms with Gasteiger partial charge in [-0.3, -0.25) is 20.4 Å². The smallest absolute Gasteiger partial charge is 0.269 e. The van der Waals surface area contributed by atoms with E-state index in [1.807, 2.05) is 60.7 Å². The van der Waals surface area contributed by atoms with Gasteiger partial charge < -0.3 is 17.7 Å². The normalized spacial score (nSPS) is 12.5. The van der Waals surface area contributed by atoms with Crippen molar-refractivity contribution in [1.82, 2.24) is 10.9 Å². The van der Waals surface area contributed by atoms with Crippen LogP contribution in [0.4, 0.5) is 0 Å². The summed E-state index contributed by atoms with van der Waals surface area (Å²) in [5.41, 5.74) is 6.09. The van der Waals surface area contributed by atoms with Gasteiger partial charge in [0.2, 0.25) is 0 Å². The maximum atomic E-state index is 13.0. The second-order valence-electron chi connectivity index (χ2n) is 21.2. The number of amides is 2. The Bertz CT molecular complexity index is 1900. The van der Waals surface area contributed by atoms with E-state index in [4.69, 9.17) is 17.7 Å². The van der Waals surface area contributed by atoms with Gasteiger partial charge in [0.15, 0.2) is 33.3 Å². The van der Waals surface area contributed by atoms with Gasteiger partial charge in [-0.1, -0.05) is 114 Å². The van der Waals surface area contributed by atoms with Gasteiger partial charge in [0.1, 0.15) is 11.5 Å². The summed E-state index contributed by atoms with van der Waals surface area (Å²) in [5.74, 6) is 0.915. The first kappa shape index (κ1) is 53.3. The van der Waals surface area contributed by atoms with Crippen LogP contribution in [0.25, 0.3) is 21.5 Å².